The number of thioether (sulfide) groups is 1. The smallest absolute Gasteiger partial charge is 0.410 e. The first-order valence-electron chi connectivity index (χ1n) is 10.9. The van der Waals surface area contributed by atoms with Gasteiger partial charge in [0.15, 0.2) is 0 Å². The minimum absolute atomic E-state index is 0.113. The molecule has 2 amide bonds. The fourth-order valence-electron chi connectivity index (χ4n) is 4.47. The van der Waals surface area contributed by atoms with E-state index in [4.69, 9.17) is 4.74 Å². The molecule has 0 radical (unpaired) electrons. The lowest BCUT2D eigenvalue weighted by Crippen LogP contribution is -2.60. The van der Waals surface area contributed by atoms with Crippen LogP contribution >= 0.6 is 23.1 Å². The normalized spacial score (nSPS) is 24.2. The first-order chi connectivity index (χ1) is 16.1. The Morgan fingerprint density at radius 3 is 2.55 bits per heavy atom. The third kappa shape index (κ3) is 4.64. The Bertz CT molecular complexity index is 1090. The summed E-state index contributed by atoms with van der Waals surface area (Å²) in [6, 6.07) is 23.1. The number of benzene rings is 2. The van der Waals surface area contributed by atoms with Crippen LogP contribution in [0, 0.1) is 5.92 Å². The van der Waals surface area contributed by atoms with Crippen molar-refractivity contribution >= 4 is 35.1 Å². The largest absolute Gasteiger partial charge is 0.445 e. The number of carbonyl (C=O) groups excluding carboxylic acids is 2. The summed E-state index contributed by atoms with van der Waals surface area (Å²) >= 11 is 3.34. The molecule has 2 fully saturated rings. The Balaban J connectivity index is 1.30. The summed E-state index contributed by atoms with van der Waals surface area (Å²) in [6.07, 6.45) is -0.305. The van der Waals surface area contributed by atoms with Gasteiger partial charge in [-0.05, 0) is 29.1 Å². The number of hydrogen-bond donors (Lipinski definition) is 2. The lowest BCUT2D eigenvalue weighted by atomic mass is 9.86. The fourth-order valence-corrected chi connectivity index (χ4v) is 6.73. The molecule has 170 valence electrons. The van der Waals surface area contributed by atoms with Crippen LogP contribution in [0.5, 0.6) is 0 Å². The van der Waals surface area contributed by atoms with Crippen molar-refractivity contribution in [1.82, 2.24) is 15.5 Å². The molecule has 0 saturated carbocycles. The van der Waals surface area contributed by atoms with Gasteiger partial charge in [-0.25, -0.2) is 4.79 Å². The van der Waals surface area contributed by atoms with Crippen molar-refractivity contribution in [1.29, 1.82) is 0 Å². The van der Waals surface area contributed by atoms with Crippen molar-refractivity contribution < 1.29 is 14.3 Å². The van der Waals surface area contributed by atoms with E-state index >= 15 is 0 Å². The van der Waals surface area contributed by atoms with Gasteiger partial charge < -0.3 is 15.0 Å². The van der Waals surface area contributed by atoms with E-state index in [1.807, 2.05) is 54.6 Å². The summed E-state index contributed by atoms with van der Waals surface area (Å²) in [5.41, 5.74) is 0.925. The predicted octanol–water partition coefficient (Wildman–Crippen LogP) is 4.26. The molecule has 3 unspecified atom stereocenters. The van der Waals surface area contributed by atoms with Gasteiger partial charge in [0.25, 0.3) is 5.91 Å². The number of ether oxygens (including phenoxy) is 1. The maximum absolute atomic E-state index is 12.9. The molecule has 8 heteroatoms. The van der Waals surface area contributed by atoms with Gasteiger partial charge in [0.1, 0.15) is 12.1 Å². The van der Waals surface area contributed by atoms with Crippen molar-refractivity contribution in [2.45, 2.75) is 17.6 Å². The molecule has 0 aliphatic carbocycles. The molecule has 2 N–H and O–H groups in total. The zero-order valence-corrected chi connectivity index (χ0v) is 19.6. The SMILES string of the molecule is O=C(NC1NC2(c3cccs3)CN(C(=O)OCc3ccccc3)CC2CS1)c1ccccc1. The highest BCUT2D eigenvalue weighted by Crippen LogP contribution is 2.45. The summed E-state index contributed by atoms with van der Waals surface area (Å²) in [4.78, 5) is 28.6. The maximum atomic E-state index is 12.9. The van der Waals surface area contributed by atoms with Crippen LogP contribution in [0.4, 0.5) is 4.79 Å². The van der Waals surface area contributed by atoms with Crippen molar-refractivity contribution in [3.8, 4) is 0 Å². The Morgan fingerprint density at radius 1 is 1.06 bits per heavy atom. The second kappa shape index (κ2) is 9.59. The molecule has 5 rings (SSSR count). The van der Waals surface area contributed by atoms with E-state index in [-0.39, 0.29) is 30.0 Å². The summed E-state index contributed by atoms with van der Waals surface area (Å²) in [5.74, 6) is 0.931. The number of rotatable bonds is 5. The van der Waals surface area contributed by atoms with Crippen LogP contribution in [0.15, 0.2) is 78.2 Å². The summed E-state index contributed by atoms with van der Waals surface area (Å²) in [7, 11) is 0. The van der Waals surface area contributed by atoms with Gasteiger partial charge in [0.05, 0.1) is 5.54 Å². The standard InChI is InChI=1S/C25H25N3O3S2/c29-22(19-10-5-2-6-11-19)26-23-27-25(21-12-7-13-32-21)17-28(14-20(25)16-33-23)24(30)31-15-18-8-3-1-4-9-18/h1-13,20,23,27H,14-17H2,(H,26,29). The molecule has 3 aromatic rings. The van der Waals surface area contributed by atoms with Gasteiger partial charge in [-0.2, -0.15) is 0 Å². The van der Waals surface area contributed by atoms with Crippen LogP contribution in [0.3, 0.4) is 0 Å². The van der Waals surface area contributed by atoms with Crippen molar-refractivity contribution in [2.75, 3.05) is 18.8 Å². The summed E-state index contributed by atoms with van der Waals surface area (Å²) in [5, 5.41) is 8.84. The molecule has 1 aromatic heterocycles. The Labute approximate surface area is 201 Å². The molecular weight excluding hydrogens is 454 g/mol. The minimum atomic E-state index is -0.417. The molecule has 3 atom stereocenters. The molecule has 6 nitrogen and oxygen atoms in total. The Morgan fingerprint density at radius 2 is 1.82 bits per heavy atom. The van der Waals surface area contributed by atoms with Crippen LogP contribution < -0.4 is 10.6 Å². The average molecular weight is 480 g/mol. The maximum Gasteiger partial charge on any atom is 0.410 e. The number of nitrogens with zero attached hydrogens (tertiary/aromatic N) is 1. The number of amides is 2. The topological polar surface area (TPSA) is 70.7 Å². The number of likely N-dealkylation sites (tertiary alicyclic amines) is 1. The highest BCUT2D eigenvalue weighted by atomic mass is 32.2. The highest BCUT2D eigenvalue weighted by Gasteiger charge is 2.53. The van der Waals surface area contributed by atoms with E-state index in [1.54, 1.807) is 40.1 Å². The zero-order chi connectivity index (χ0) is 22.7. The molecule has 0 spiro atoms. The Hall–Kier alpha value is -2.81. The van der Waals surface area contributed by atoms with Crippen molar-refractivity contribution in [3.63, 3.8) is 0 Å². The number of nitrogens with one attached hydrogen (secondary N) is 2. The van der Waals surface area contributed by atoms with Crippen LogP contribution in [0.1, 0.15) is 20.8 Å². The first-order valence-corrected chi connectivity index (χ1v) is 12.8. The van der Waals surface area contributed by atoms with Gasteiger partial charge in [-0.1, -0.05) is 54.6 Å². The van der Waals surface area contributed by atoms with Crippen LogP contribution in [-0.2, 0) is 16.9 Å². The lowest BCUT2D eigenvalue weighted by Gasteiger charge is -2.42. The molecule has 3 heterocycles. The van der Waals surface area contributed by atoms with Crippen molar-refractivity contribution in [2.24, 2.45) is 5.92 Å². The predicted molar refractivity (Wildman–Crippen MR) is 131 cm³/mol. The molecule has 2 aliphatic rings. The van der Waals surface area contributed by atoms with E-state index in [0.29, 0.717) is 18.7 Å². The number of thiophene rings is 1. The Kier molecular flexibility index (Phi) is 6.39. The monoisotopic (exact) mass is 479 g/mol. The van der Waals surface area contributed by atoms with Crippen LogP contribution in [0.25, 0.3) is 0 Å². The van der Waals surface area contributed by atoms with Gasteiger partial charge in [-0.3, -0.25) is 10.1 Å². The third-order valence-corrected chi connectivity index (χ3v) is 8.36. The number of hydrogen-bond acceptors (Lipinski definition) is 6. The van der Waals surface area contributed by atoms with E-state index < -0.39 is 5.54 Å². The van der Waals surface area contributed by atoms with Gasteiger partial charge >= 0.3 is 6.09 Å². The molecule has 0 bridgehead atoms. The molecule has 33 heavy (non-hydrogen) atoms. The number of carbonyl (C=O) groups is 2. The molecule has 2 saturated heterocycles. The quantitative estimate of drug-likeness (QED) is 0.572. The van der Waals surface area contributed by atoms with Crippen molar-refractivity contribution in [3.05, 3.63) is 94.2 Å². The van der Waals surface area contributed by atoms with Gasteiger partial charge in [-0.15, -0.1) is 23.1 Å². The lowest BCUT2D eigenvalue weighted by molar-refractivity contribution is 0.0924. The zero-order valence-electron chi connectivity index (χ0n) is 18.0. The molecular formula is C25H25N3O3S2. The summed E-state index contributed by atoms with van der Waals surface area (Å²) in [6.45, 7) is 1.37. The second-order valence-electron chi connectivity index (χ2n) is 8.26. The minimum Gasteiger partial charge on any atom is -0.445 e. The molecule has 2 aliphatic heterocycles. The first kappa shape index (κ1) is 22.0. The third-order valence-electron chi connectivity index (χ3n) is 6.15. The van der Waals surface area contributed by atoms with E-state index in [0.717, 1.165) is 11.3 Å². The fraction of sp³-hybridized carbons (Fsp3) is 0.280. The second-order valence-corrected chi connectivity index (χ2v) is 10.3. The van der Waals surface area contributed by atoms with E-state index in [1.165, 1.54) is 4.88 Å². The summed E-state index contributed by atoms with van der Waals surface area (Å²) < 4.78 is 5.62. The van der Waals surface area contributed by atoms with E-state index in [9.17, 15) is 9.59 Å². The van der Waals surface area contributed by atoms with E-state index in [2.05, 4.69) is 22.1 Å². The number of fused-ring (bicyclic) bond motifs is 1. The highest BCUT2D eigenvalue weighted by molar-refractivity contribution is 7.99. The van der Waals surface area contributed by atoms with Crippen LogP contribution in [-0.4, -0.2) is 41.2 Å². The van der Waals surface area contributed by atoms with Crippen LogP contribution in [0.2, 0.25) is 0 Å². The average Bonchev–Trinajstić information content (AvgIpc) is 3.53. The molecule has 2 aromatic carbocycles. The van der Waals surface area contributed by atoms with Gasteiger partial charge in [0.2, 0.25) is 0 Å². The van der Waals surface area contributed by atoms with Gasteiger partial charge in [0, 0.05) is 35.2 Å².